The molecule has 3 atom stereocenters. The number of amidine groups is 2. The fraction of sp³-hybridized carbons (Fsp3) is 0.242. The fourth-order valence-electron chi connectivity index (χ4n) is 5.98. The van der Waals surface area contributed by atoms with Crippen LogP contribution in [-0.2, 0) is 6.42 Å². The molecule has 8 heteroatoms. The zero-order valence-corrected chi connectivity index (χ0v) is 24.6. The van der Waals surface area contributed by atoms with Gasteiger partial charge in [-0.2, -0.15) is 5.10 Å². The van der Waals surface area contributed by atoms with Crippen molar-refractivity contribution in [3.05, 3.63) is 107 Å². The Morgan fingerprint density at radius 2 is 1.71 bits per heavy atom. The van der Waals surface area contributed by atoms with E-state index in [-0.39, 0.29) is 18.1 Å². The van der Waals surface area contributed by atoms with Gasteiger partial charge in [-0.3, -0.25) is 0 Å². The SMILES string of the molecule is CCCCc1ccc(NC2=Nc3ccccc3N3C2=N[C@@H]2[C@H](C(C)=NN2c2ccccc2)[C@@H]3c2ccc(Br)o2)cc1. The highest BCUT2D eigenvalue weighted by Gasteiger charge is 2.51. The van der Waals surface area contributed by atoms with Crippen LogP contribution in [-0.4, -0.2) is 23.5 Å². The summed E-state index contributed by atoms with van der Waals surface area (Å²) < 4.78 is 6.97. The predicted molar refractivity (Wildman–Crippen MR) is 171 cm³/mol. The molecule has 0 unspecified atom stereocenters. The van der Waals surface area contributed by atoms with Gasteiger partial charge in [0.15, 0.2) is 22.5 Å². The van der Waals surface area contributed by atoms with E-state index in [1.54, 1.807) is 0 Å². The molecule has 0 bridgehead atoms. The summed E-state index contributed by atoms with van der Waals surface area (Å²) in [6.45, 7) is 4.32. The van der Waals surface area contributed by atoms with Crippen molar-refractivity contribution in [2.24, 2.45) is 21.0 Å². The van der Waals surface area contributed by atoms with E-state index in [9.17, 15) is 0 Å². The van der Waals surface area contributed by atoms with Gasteiger partial charge in [0, 0.05) is 11.4 Å². The topological polar surface area (TPSA) is 68.7 Å². The molecule has 1 N–H and O–H groups in total. The van der Waals surface area contributed by atoms with Crippen molar-refractivity contribution in [3.63, 3.8) is 0 Å². The molecule has 0 aliphatic carbocycles. The second-order valence-corrected chi connectivity index (χ2v) is 11.4. The zero-order valence-electron chi connectivity index (χ0n) is 23.0. The van der Waals surface area contributed by atoms with Crippen LogP contribution >= 0.6 is 15.9 Å². The van der Waals surface area contributed by atoms with Crippen molar-refractivity contribution in [2.45, 2.75) is 45.3 Å². The number of nitrogens with zero attached hydrogens (tertiary/aromatic N) is 5. The first-order chi connectivity index (χ1) is 20.1. The molecule has 7 rings (SSSR count). The molecule has 0 saturated carbocycles. The van der Waals surface area contributed by atoms with E-state index < -0.39 is 0 Å². The Labute approximate surface area is 248 Å². The highest BCUT2D eigenvalue weighted by atomic mass is 79.9. The van der Waals surface area contributed by atoms with E-state index in [1.807, 2.05) is 47.5 Å². The third kappa shape index (κ3) is 4.66. The number of benzene rings is 3. The molecule has 3 aliphatic rings. The first kappa shape index (κ1) is 25.8. The minimum Gasteiger partial charge on any atom is -0.452 e. The highest BCUT2D eigenvalue weighted by molar-refractivity contribution is 9.10. The minimum absolute atomic E-state index is 0.0396. The lowest BCUT2D eigenvalue weighted by atomic mass is 9.86. The molecule has 206 valence electrons. The van der Waals surface area contributed by atoms with Gasteiger partial charge in [0.2, 0.25) is 0 Å². The maximum atomic E-state index is 6.27. The van der Waals surface area contributed by atoms with Crippen molar-refractivity contribution in [2.75, 3.05) is 15.2 Å². The van der Waals surface area contributed by atoms with Crippen LogP contribution in [0.4, 0.5) is 22.7 Å². The van der Waals surface area contributed by atoms with Gasteiger partial charge in [-0.15, -0.1) is 0 Å². The molecule has 1 aromatic heterocycles. The third-order valence-electron chi connectivity index (χ3n) is 7.95. The summed E-state index contributed by atoms with van der Waals surface area (Å²) in [5.74, 6) is 2.28. The van der Waals surface area contributed by atoms with Gasteiger partial charge in [0.25, 0.3) is 0 Å². The minimum atomic E-state index is -0.258. The number of hydrogen-bond acceptors (Lipinski definition) is 7. The van der Waals surface area contributed by atoms with Crippen LogP contribution < -0.4 is 15.2 Å². The number of unbranched alkanes of at least 4 members (excludes halogenated alkanes) is 1. The number of hydrazone groups is 1. The number of aliphatic imine (C=N–C) groups is 2. The van der Waals surface area contributed by atoms with Crippen molar-refractivity contribution < 1.29 is 4.42 Å². The number of nitrogens with one attached hydrogen (secondary N) is 1. The van der Waals surface area contributed by atoms with Crippen LogP contribution in [0.15, 0.2) is 115 Å². The van der Waals surface area contributed by atoms with Crippen LogP contribution in [0.2, 0.25) is 0 Å². The number of hydrogen-bond donors (Lipinski definition) is 1. The highest BCUT2D eigenvalue weighted by Crippen LogP contribution is 2.49. The molecule has 0 spiro atoms. The van der Waals surface area contributed by atoms with Crippen molar-refractivity contribution in [3.8, 4) is 0 Å². The summed E-state index contributed by atoms with van der Waals surface area (Å²) in [6.07, 6.45) is 3.20. The average Bonchev–Trinajstić information content (AvgIpc) is 3.59. The molecule has 0 radical (unpaired) electrons. The summed E-state index contributed by atoms with van der Waals surface area (Å²) in [5, 5.41) is 10.7. The Balaban J connectivity index is 1.36. The monoisotopic (exact) mass is 606 g/mol. The maximum Gasteiger partial charge on any atom is 0.174 e. The van der Waals surface area contributed by atoms with Gasteiger partial charge in [-0.25, -0.2) is 15.0 Å². The Hall–Kier alpha value is -4.17. The summed E-state index contributed by atoms with van der Waals surface area (Å²) in [7, 11) is 0. The molecule has 41 heavy (non-hydrogen) atoms. The van der Waals surface area contributed by atoms with E-state index in [1.165, 1.54) is 18.4 Å². The number of fused-ring (bicyclic) bond motifs is 4. The van der Waals surface area contributed by atoms with E-state index >= 15 is 0 Å². The largest absolute Gasteiger partial charge is 0.452 e. The van der Waals surface area contributed by atoms with Gasteiger partial charge in [-0.05, 0) is 89.8 Å². The Morgan fingerprint density at radius 3 is 2.46 bits per heavy atom. The molecule has 4 heterocycles. The van der Waals surface area contributed by atoms with Crippen LogP contribution in [0.1, 0.15) is 44.1 Å². The standard InChI is InChI=1S/C33H31BrN6O/c1-3-4-10-22-15-17-23(18-16-22)35-31-33-37-32-29(21(2)38-40(32)24-11-6-5-7-12-24)30(27-19-20-28(34)41-27)39(33)26-14-9-8-13-25(26)36-31/h5-9,11-20,29-30,32H,3-4,10H2,1-2H3,(H,35,36)/t29-,30+,32+/m1/s1. The molecule has 0 saturated heterocycles. The smallest absolute Gasteiger partial charge is 0.174 e. The lowest BCUT2D eigenvalue weighted by Crippen LogP contribution is -2.54. The van der Waals surface area contributed by atoms with Crippen molar-refractivity contribution in [1.82, 2.24) is 0 Å². The second-order valence-electron chi connectivity index (χ2n) is 10.6. The normalized spacial score (nSPS) is 21.0. The van der Waals surface area contributed by atoms with E-state index in [2.05, 4.69) is 88.5 Å². The summed E-state index contributed by atoms with van der Waals surface area (Å²) in [6, 6.07) is 30.9. The molecule has 4 aromatic rings. The van der Waals surface area contributed by atoms with Crippen molar-refractivity contribution in [1.29, 1.82) is 0 Å². The van der Waals surface area contributed by atoms with Crippen molar-refractivity contribution >= 4 is 56.1 Å². The molecular weight excluding hydrogens is 576 g/mol. The number of rotatable bonds is 6. The number of para-hydroxylation sites is 3. The molecule has 3 aliphatic heterocycles. The lowest BCUT2D eigenvalue weighted by molar-refractivity contribution is 0.371. The van der Waals surface area contributed by atoms with E-state index in [0.717, 1.165) is 46.5 Å². The number of furan rings is 1. The van der Waals surface area contributed by atoms with Gasteiger partial charge in [-0.1, -0.05) is 55.8 Å². The number of halogens is 1. The van der Waals surface area contributed by atoms with Crippen LogP contribution in [0.3, 0.4) is 0 Å². The van der Waals surface area contributed by atoms with Crippen LogP contribution in [0.5, 0.6) is 0 Å². The predicted octanol–water partition coefficient (Wildman–Crippen LogP) is 8.34. The molecule has 7 nitrogen and oxygen atoms in total. The lowest BCUT2D eigenvalue weighted by Gasteiger charge is -2.45. The van der Waals surface area contributed by atoms with E-state index in [0.29, 0.717) is 10.5 Å². The Bertz CT molecular complexity index is 1660. The maximum absolute atomic E-state index is 6.27. The third-order valence-corrected chi connectivity index (χ3v) is 8.37. The first-order valence-corrected chi connectivity index (χ1v) is 15.0. The Kier molecular flexibility index (Phi) is 6.71. The van der Waals surface area contributed by atoms with Gasteiger partial charge < -0.3 is 14.6 Å². The summed E-state index contributed by atoms with van der Waals surface area (Å²) in [5.41, 5.74) is 6.21. The second kappa shape index (κ2) is 10.7. The average molecular weight is 608 g/mol. The van der Waals surface area contributed by atoms with Gasteiger partial charge in [0.05, 0.1) is 23.0 Å². The fourth-order valence-corrected chi connectivity index (χ4v) is 6.30. The van der Waals surface area contributed by atoms with Gasteiger partial charge in [0.1, 0.15) is 11.8 Å². The molecule has 0 fully saturated rings. The molecule has 0 amide bonds. The summed E-state index contributed by atoms with van der Waals surface area (Å²) >= 11 is 3.54. The molecule has 3 aromatic carbocycles. The number of anilines is 3. The quantitative estimate of drug-likeness (QED) is 0.239. The Morgan fingerprint density at radius 1 is 0.927 bits per heavy atom. The van der Waals surface area contributed by atoms with E-state index in [4.69, 9.17) is 19.5 Å². The number of aryl methyl sites for hydroxylation is 1. The zero-order chi connectivity index (χ0) is 27.9. The first-order valence-electron chi connectivity index (χ1n) is 14.2. The van der Waals surface area contributed by atoms with Gasteiger partial charge >= 0.3 is 0 Å². The van der Waals surface area contributed by atoms with Crippen LogP contribution in [0, 0.1) is 5.92 Å². The van der Waals surface area contributed by atoms with Crippen LogP contribution in [0.25, 0.3) is 0 Å². The molecular formula is C33H31BrN6O. The summed E-state index contributed by atoms with van der Waals surface area (Å²) in [4.78, 5) is 12.8.